The van der Waals surface area contributed by atoms with E-state index in [0.717, 1.165) is 78.8 Å². The predicted octanol–water partition coefficient (Wildman–Crippen LogP) is 4.11. The molecular weight excluding hydrogens is 516 g/mol. The average Bonchev–Trinajstić information content (AvgIpc) is 3.53. The highest BCUT2D eigenvalue weighted by molar-refractivity contribution is 5.95. The van der Waals surface area contributed by atoms with Crippen molar-refractivity contribution in [3.8, 4) is 17.2 Å². The Hall–Kier alpha value is -3.65. The van der Waals surface area contributed by atoms with E-state index in [0.29, 0.717) is 25.0 Å². The zero-order chi connectivity index (χ0) is 28.0. The summed E-state index contributed by atoms with van der Waals surface area (Å²) >= 11 is 0. The minimum Gasteiger partial charge on any atom is -0.495 e. The second kappa shape index (κ2) is 8.92. The van der Waals surface area contributed by atoms with Crippen molar-refractivity contribution in [1.29, 1.82) is 0 Å². The van der Waals surface area contributed by atoms with Gasteiger partial charge in [-0.25, -0.2) is 0 Å². The number of piperidine rings is 1. The van der Waals surface area contributed by atoms with Gasteiger partial charge in [0.25, 0.3) is 5.91 Å². The number of likely N-dealkylation sites (N-methyl/N-ethyl adjacent to an activating group) is 1. The Morgan fingerprint density at radius 1 is 1.00 bits per heavy atom. The molecule has 8 heteroatoms. The van der Waals surface area contributed by atoms with Gasteiger partial charge in [0.1, 0.15) is 17.5 Å². The Labute approximate surface area is 241 Å². The lowest BCUT2D eigenvalue weighted by atomic mass is 9.51. The first-order valence-corrected chi connectivity index (χ1v) is 14.9. The van der Waals surface area contributed by atoms with Crippen LogP contribution in [0.15, 0.2) is 36.4 Å². The molecule has 41 heavy (non-hydrogen) atoms. The molecule has 3 aliphatic heterocycles. The molecule has 2 aliphatic carbocycles. The Bertz CT molecular complexity index is 1560. The van der Waals surface area contributed by atoms with E-state index in [1.165, 1.54) is 16.7 Å². The number of para-hydroxylation sites is 2. The van der Waals surface area contributed by atoms with Gasteiger partial charge in [-0.2, -0.15) is 0 Å². The van der Waals surface area contributed by atoms with Crippen molar-refractivity contribution in [2.75, 3.05) is 58.9 Å². The second-order valence-electron chi connectivity index (χ2n) is 12.5. The lowest BCUT2D eigenvalue weighted by molar-refractivity contribution is -0.0256. The monoisotopic (exact) mass is 554 g/mol. The van der Waals surface area contributed by atoms with E-state index < -0.39 is 0 Å². The van der Waals surface area contributed by atoms with Gasteiger partial charge in [-0.15, -0.1) is 0 Å². The number of carbonyl (C=O) groups excluding carboxylic acids is 1. The van der Waals surface area contributed by atoms with Crippen molar-refractivity contribution < 1.29 is 19.0 Å². The van der Waals surface area contributed by atoms with Crippen LogP contribution in [0.5, 0.6) is 17.2 Å². The van der Waals surface area contributed by atoms with Gasteiger partial charge in [-0.05, 0) is 80.6 Å². The number of fused-ring (bicyclic) bond motifs is 2. The number of hydrogen-bond donors (Lipinski definition) is 1. The molecule has 2 aromatic carbocycles. The number of amides is 1. The number of carbonyl (C=O) groups is 1. The Morgan fingerprint density at radius 2 is 1.78 bits per heavy atom. The number of nitrogens with zero attached hydrogens (tertiary/aromatic N) is 3. The third kappa shape index (κ3) is 3.28. The molecule has 0 saturated carbocycles. The molecule has 1 unspecified atom stereocenters. The summed E-state index contributed by atoms with van der Waals surface area (Å²) in [4.78, 5) is 24.6. The third-order valence-electron chi connectivity index (χ3n) is 10.9. The van der Waals surface area contributed by atoms with Gasteiger partial charge >= 0.3 is 0 Å². The van der Waals surface area contributed by atoms with Crippen molar-refractivity contribution in [2.45, 2.75) is 43.7 Å². The van der Waals surface area contributed by atoms with E-state index in [1.807, 2.05) is 23.1 Å². The maximum Gasteiger partial charge on any atom is 0.270 e. The molecule has 5 aliphatic rings. The van der Waals surface area contributed by atoms with E-state index in [-0.39, 0.29) is 17.4 Å². The molecule has 3 aromatic rings. The summed E-state index contributed by atoms with van der Waals surface area (Å²) in [6.45, 7) is 6.07. The fraction of sp³-hybridized carbons (Fsp3) is 0.485. The van der Waals surface area contributed by atoms with Gasteiger partial charge < -0.3 is 33.9 Å². The fourth-order valence-corrected chi connectivity index (χ4v) is 8.85. The van der Waals surface area contributed by atoms with E-state index in [4.69, 9.17) is 14.2 Å². The van der Waals surface area contributed by atoms with Crippen LogP contribution < -0.4 is 19.1 Å². The van der Waals surface area contributed by atoms with E-state index in [2.05, 4.69) is 47.0 Å². The van der Waals surface area contributed by atoms with E-state index >= 15 is 0 Å². The number of methoxy groups -OCH3 is 2. The number of aromatic nitrogens is 1. The summed E-state index contributed by atoms with van der Waals surface area (Å²) in [6.07, 6.45) is 2.93. The Balaban J connectivity index is 1.13. The fourth-order valence-electron chi connectivity index (χ4n) is 8.85. The molecule has 8 rings (SSSR count). The van der Waals surface area contributed by atoms with Gasteiger partial charge in [0.05, 0.1) is 25.6 Å². The number of rotatable bonds is 4. The van der Waals surface area contributed by atoms with Crippen LogP contribution in [0.3, 0.4) is 0 Å². The smallest absolute Gasteiger partial charge is 0.270 e. The van der Waals surface area contributed by atoms with Crippen molar-refractivity contribution in [3.63, 3.8) is 0 Å². The summed E-state index contributed by atoms with van der Waals surface area (Å²) in [6, 6.07) is 12.9. The number of nitrogens with one attached hydrogen (secondary N) is 1. The predicted molar refractivity (Wildman–Crippen MR) is 157 cm³/mol. The maximum atomic E-state index is 14.0. The molecule has 0 radical (unpaired) electrons. The first kappa shape index (κ1) is 25.1. The summed E-state index contributed by atoms with van der Waals surface area (Å²) < 4.78 is 18.3. The summed E-state index contributed by atoms with van der Waals surface area (Å²) in [5.41, 5.74) is 7.96. The number of hydrogen-bond acceptors (Lipinski definition) is 6. The number of benzene rings is 2. The van der Waals surface area contributed by atoms with Crippen LogP contribution in [0.4, 0.5) is 5.69 Å². The normalized spacial score (nSPS) is 27.7. The topological polar surface area (TPSA) is 70.3 Å². The molecule has 8 nitrogen and oxygen atoms in total. The van der Waals surface area contributed by atoms with Crippen molar-refractivity contribution >= 4 is 11.6 Å². The zero-order valence-corrected chi connectivity index (χ0v) is 24.3. The number of piperazine rings is 1. The van der Waals surface area contributed by atoms with Gasteiger partial charge in [0, 0.05) is 43.2 Å². The van der Waals surface area contributed by atoms with Crippen molar-refractivity contribution in [1.82, 2.24) is 14.8 Å². The Morgan fingerprint density at radius 3 is 2.56 bits per heavy atom. The minimum absolute atomic E-state index is 0.0837. The molecule has 4 heterocycles. The van der Waals surface area contributed by atoms with Crippen LogP contribution in [0.2, 0.25) is 0 Å². The van der Waals surface area contributed by atoms with Crippen molar-refractivity contribution in [3.05, 3.63) is 70.0 Å². The molecule has 2 bridgehead atoms. The highest BCUT2D eigenvalue weighted by Gasteiger charge is 2.65. The van der Waals surface area contributed by atoms with Crippen LogP contribution in [0.1, 0.15) is 51.0 Å². The lowest BCUT2D eigenvalue weighted by Crippen LogP contribution is -2.62. The van der Waals surface area contributed by atoms with Gasteiger partial charge in [0.15, 0.2) is 11.5 Å². The van der Waals surface area contributed by atoms with Crippen molar-refractivity contribution in [2.24, 2.45) is 5.92 Å². The van der Waals surface area contributed by atoms with Crippen LogP contribution in [0.25, 0.3) is 0 Å². The molecule has 1 aromatic heterocycles. The molecule has 2 fully saturated rings. The maximum absolute atomic E-state index is 14.0. The van der Waals surface area contributed by atoms with Gasteiger partial charge in [0.2, 0.25) is 0 Å². The quantitative estimate of drug-likeness (QED) is 0.524. The zero-order valence-electron chi connectivity index (χ0n) is 24.3. The van der Waals surface area contributed by atoms with Gasteiger partial charge in [-0.1, -0.05) is 18.2 Å². The number of ether oxygens (including phenoxy) is 3. The summed E-state index contributed by atoms with van der Waals surface area (Å²) in [7, 11) is 5.71. The molecule has 1 amide bonds. The lowest BCUT2D eigenvalue weighted by Gasteiger charge is -2.57. The number of likely N-dealkylation sites (tertiary alicyclic amines) is 1. The van der Waals surface area contributed by atoms with Crippen LogP contribution >= 0.6 is 0 Å². The number of anilines is 1. The Kier molecular flexibility index (Phi) is 5.46. The molecule has 1 spiro atoms. The van der Waals surface area contributed by atoms with Crippen LogP contribution in [0, 0.1) is 12.8 Å². The molecule has 1 N–H and O–H groups in total. The molecule has 2 saturated heterocycles. The van der Waals surface area contributed by atoms with E-state index in [1.54, 1.807) is 14.2 Å². The summed E-state index contributed by atoms with van der Waals surface area (Å²) in [5, 5.41) is 0. The van der Waals surface area contributed by atoms with Crippen LogP contribution in [-0.2, 0) is 18.3 Å². The molecule has 4 atom stereocenters. The minimum atomic E-state index is -0.125. The number of aromatic amines is 1. The second-order valence-corrected chi connectivity index (χ2v) is 12.5. The third-order valence-corrected chi connectivity index (χ3v) is 10.9. The first-order chi connectivity index (χ1) is 20.0. The molecular formula is C33H38N4O4. The largest absolute Gasteiger partial charge is 0.495 e. The van der Waals surface area contributed by atoms with E-state index in [9.17, 15) is 4.79 Å². The average molecular weight is 555 g/mol. The highest BCUT2D eigenvalue weighted by Crippen LogP contribution is 2.67. The summed E-state index contributed by atoms with van der Waals surface area (Å²) in [5.74, 6) is 3.14. The number of H-pyrrole nitrogens is 1. The SMILES string of the molecule is COc1ccccc1N1CCN(C(=O)c2[nH]c3c(c2C)CC2[C@H]4Cc5ccc(OC)c6c5[C@@]2(CCN4C)[C@H]3O6)CC1. The first-order valence-electron chi connectivity index (χ1n) is 14.9. The molecule has 214 valence electrons. The highest BCUT2D eigenvalue weighted by atomic mass is 16.5. The standard InChI is InChI=1S/C33H38N4O4/c1-19-21-18-22-24-17-20-9-10-26(40-4)30-27(20)33(22,11-12-35(24)2)31(41-30)29(21)34-28(19)32(38)37-15-13-36(14-16-37)23-7-5-6-8-25(23)39-3/h5-10,22,24,31,34H,11-18H2,1-4H3/t22?,24-,31+,33+/m1/s1. The van der Waals surface area contributed by atoms with Gasteiger partial charge in [-0.3, -0.25) is 4.79 Å². The van der Waals surface area contributed by atoms with Crippen LogP contribution in [-0.4, -0.2) is 80.7 Å².